The van der Waals surface area contributed by atoms with E-state index in [1.807, 2.05) is 6.92 Å². The van der Waals surface area contributed by atoms with E-state index in [0.717, 1.165) is 12.1 Å². The van der Waals surface area contributed by atoms with E-state index in [1.165, 1.54) is 6.07 Å². The Hall–Kier alpha value is -2.19. The smallest absolute Gasteiger partial charge is 0.330 e. The maximum atomic E-state index is 12.5. The highest BCUT2D eigenvalue weighted by molar-refractivity contribution is 6.34. The number of carboxylic acids is 1. The van der Waals surface area contributed by atoms with Crippen molar-refractivity contribution < 1.29 is 24.4 Å². The summed E-state index contributed by atoms with van der Waals surface area (Å²) in [4.78, 5) is 34.5. The van der Waals surface area contributed by atoms with E-state index < -0.39 is 27.8 Å². The number of aliphatic carboxylic acids is 1. The standard InChI is InChI=1S/C16H19ClN2O6/c1-4-25-12-8-16(14(21)22,15(12,2)3)18-13(20)10-6-5-9(19(23)24)7-11(10)17/h5-7,12H,4,8H2,1-3H3,(H,18,20)(H,21,22). The summed E-state index contributed by atoms with van der Waals surface area (Å²) in [5.41, 5.74) is -2.62. The number of hydrogen-bond donors (Lipinski definition) is 2. The van der Waals surface area contributed by atoms with Gasteiger partial charge in [-0.05, 0) is 13.0 Å². The molecule has 25 heavy (non-hydrogen) atoms. The van der Waals surface area contributed by atoms with Gasteiger partial charge in [-0.15, -0.1) is 0 Å². The number of benzene rings is 1. The molecule has 1 saturated carbocycles. The van der Waals surface area contributed by atoms with Crippen LogP contribution in [0.5, 0.6) is 0 Å². The molecule has 0 spiro atoms. The predicted octanol–water partition coefficient (Wildman–Crippen LogP) is 2.64. The van der Waals surface area contributed by atoms with E-state index in [9.17, 15) is 24.8 Å². The lowest BCUT2D eigenvalue weighted by atomic mass is 9.54. The average molecular weight is 371 g/mol. The Balaban J connectivity index is 2.29. The first-order valence-corrected chi connectivity index (χ1v) is 8.06. The highest BCUT2D eigenvalue weighted by Gasteiger charge is 2.66. The average Bonchev–Trinajstić information content (AvgIpc) is 2.52. The van der Waals surface area contributed by atoms with Crippen molar-refractivity contribution in [3.63, 3.8) is 0 Å². The molecular weight excluding hydrogens is 352 g/mol. The van der Waals surface area contributed by atoms with Gasteiger partial charge in [0.1, 0.15) is 5.54 Å². The van der Waals surface area contributed by atoms with E-state index in [2.05, 4.69) is 5.32 Å². The molecule has 136 valence electrons. The van der Waals surface area contributed by atoms with Crippen LogP contribution < -0.4 is 5.32 Å². The van der Waals surface area contributed by atoms with Crippen LogP contribution in [0.1, 0.15) is 37.6 Å². The fourth-order valence-corrected chi connectivity index (χ4v) is 3.36. The van der Waals surface area contributed by atoms with Gasteiger partial charge in [-0.2, -0.15) is 0 Å². The van der Waals surface area contributed by atoms with E-state index in [1.54, 1.807) is 13.8 Å². The monoisotopic (exact) mass is 370 g/mol. The third-order valence-electron chi connectivity index (χ3n) is 4.86. The number of nitrogens with zero attached hydrogens (tertiary/aromatic N) is 1. The van der Waals surface area contributed by atoms with E-state index in [0.29, 0.717) is 6.61 Å². The molecule has 0 bridgehead atoms. The zero-order valence-corrected chi connectivity index (χ0v) is 14.8. The van der Waals surface area contributed by atoms with Crippen LogP contribution in [0.2, 0.25) is 5.02 Å². The summed E-state index contributed by atoms with van der Waals surface area (Å²) >= 11 is 5.95. The number of non-ortho nitro benzene ring substituents is 1. The lowest BCUT2D eigenvalue weighted by molar-refractivity contribution is -0.384. The molecule has 1 aliphatic carbocycles. The lowest BCUT2D eigenvalue weighted by Gasteiger charge is -2.58. The van der Waals surface area contributed by atoms with E-state index >= 15 is 0 Å². The van der Waals surface area contributed by atoms with Gasteiger partial charge in [0.15, 0.2) is 0 Å². The van der Waals surface area contributed by atoms with Gasteiger partial charge in [0, 0.05) is 30.6 Å². The van der Waals surface area contributed by atoms with Gasteiger partial charge < -0.3 is 15.2 Å². The molecule has 0 heterocycles. The number of amides is 1. The van der Waals surface area contributed by atoms with Crippen LogP contribution in [0.15, 0.2) is 18.2 Å². The fraction of sp³-hybridized carbons (Fsp3) is 0.500. The number of carbonyl (C=O) groups excluding carboxylic acids is 1. The van der Waals surface area contributed by atoms with Gasteiger partial charge in [0.05, 0.1) is 21.6 Å². The molecule has 1 fully saturated rings. The van der Waals surface area contributed by atoms with Crippen molar-refractivity contribution in [3.8, 4) is 0 Å². The molecule has 8 nitrogen and oxygen atoms in total. The van der Waals surface area contributed by atoms with Gasteiger partial charge in [-0.3, -0.25) is 14.9 Å². The topological polar surface area (TPSA) is 119 Å². The third-order valence-corrected chi connectivity index (χ3v) is 5.18. The number of halogens is 1. The Morgan fingerprint density at radius 3 is 2.56 bits per heavy atom. The van der Waals surface area contributed by atoms with Crippen LogP contribution in [0.25, 0.3) is 0 Å². The van der Waals surface area contributed by atoms with Crippen LogP contribution >= 0.6 is 11.6 Å². The minimum Gasteiger partial charge on any atom is -0.479 e. The molecule has 0 saturated heterocycles. The molecule has 2 N–H and O–H groups in total. The molecule has 2 rings (SSSR count). The van der Waals surface area contributed by atoms with E-state index in [4.69, 9.17) is 16.3 Å². The Labute approximate surface area is 149 Å². The van der Waals surface area contributed by atoms with Gasteiger partial charge in [0.25, 0.3) is 11.6 Å². The van der Waals surface area contributed by atoms with Crippen LogP contribution in [0, 0.1) is 15.5 Å². The second-order valence-electron chi connectivity index (χ2n) is 6.46. The third kappa shape index (κ3) is 3.07. The Kier molecular flexibility index (Phi) is 5.06. The summed E-state index contributed by atoms with van der Waals surface area (Å²) in [5.74, 6) is -1.87. The minimum atomic E-state index is -1.50. The Morgan fingerprint density at radius 2 is 2.12 bits per heavy atom. The zero-order chi connectivity index (χ0) is 19.0. The number of nitrogens with one attached hydrogen (secondary N) is 1. The van der Waals surface area contributed by atoms with Crippen LogP contribution in [0.4, 0.5) is 5.69 Å². The second-order valence-corrected chi connectivity index (χ2v) is 6.86. The Bertz CT molecular complexity index is 735. The Morgan fingerprint density at radius 1 is 1.48 bits per heavy atom. The number of nitro benzene ring substituents is 1. The van der Waals surface area contributed by atoms with E-state index in [-0.39, 0.29) is 28.8 Å². The number of carboxylic acid groups (broad SMARTS) is 1. The van der Waals surface area contributed by atoms with Gasteiger partial charge in [0.2, 0.25) is 0 Å². The summed E-state index contributed by atoms with van der Waals surface area (Å²) in [6, 6.07) is 3.40. The molecule has 2 atom stereocenters. The molecule has 1 aliphatic rings. The van der Waals surface area contributed by atoms with Crippen LogP contribution in [0.3, 0.4) is 0 Å². The van der Waals surface area contributed by atoms with Crippen LogP contribution in [-0.2, 0) is 9.53 Å². The number of nitro groups is 1. The largest absolute Gasteiger partial charge is 0.479 e. The molecule has 0 radical (unpaired) electrons. The molecule has 9 heteroatoms. The highest BCUT2D eigenvalue weighted by atomic mass is 35.5. The molecule has 0 aromatic heterocycles. The van der Waals surface area contributed by atoms with Crippen molar-refractivity contribution in [2.45, 2.75) is 38.8 Å². The summed E-state index contributed by atoms with van der Waals surface area (Å²) < 4.78 is 5.54. The summed E-state index contributed by atoms with van der Waals surface area (Å²) in [5, 5.41) is 22.9. The molecule has 0 aliphatic heterocycles. The molecule has 1 aromatic carbocycles. The second kappa shape index (κ2) is 6.61. The zero-order valence-electron chi connectivity index (χ0n) is 14.0. The quantitative estimate of drug-likeness (QED) is 0.586. The fourth-order valence-electron chi connectivity index (χ4n) is 3.10. The predicted molar refractivity (Wildman–Crippen MR) is 89.8 cm³/mol. The number of rotatable bonds is 6. The lowest BCUT2D eigenvalue weighted by Crippen LogP contribution is -2.76. The molecule has 1 aromatic rings. The van der Waals surface area contributed by atoms with Crippen molar-refractivity contribution in [1.29, 1.82) is 0 Å². The number of hydrogen-bond acceptors (Lipinski definition) is 5. The van der Waals surface area contributed by atoms with Crippen LogP contribution in [-0.4, -0.2) is 40.2 Å². The first-order valence-electron chi connectivity index (χ1n) is 7.68. The minimum absolute atomic E-state index is 0.0245. The van der Waals surface area contributed by atoms with Gasteiger partial charge in [-0.1, -0.05) is 25.4 Å². The SMILES string of the molecule is CCOC1CC(NC(=O)c2ccc([N+](=O)[O-])cc2Cl)(C(=O)O)C1(C)C. The number of ether oxygens (including phenoxy) is 1. The number of carbonyl (C=O) groups is 2. The normalized spacial score (nSPS) is 24.2. The van der Waals surface area contributed by atoms with Crippen molar-refractivity contribution in [2.75, 3.05) is 6.61 Å². The molecule has 2 unspecified atom stereocenters. The first-order chi connectivity index (χ1) is 11.6. The summed E-state index contributed by atoms with van der Waals surface area (Å²) in [6.45, 7) is 5.67. The van der Waals surface area contributed by atoms with Crippen molar-refractivity contribution in [2.24, 2.45) is 5.41 Å². The molecular formula is C16H19ClN2O6. The maximum absolute atomic E-state index is 12.5. The summed E-state index contributed by atoms with van der Waals surface area (Å²) in [6.07, 6.45) is -0.180. The van der Waals surface area contributed by atoms with Gasteiger partial charge in [-0.25, -0.2) is 4.79 Å². The van der Waals surface area contributed by atoms with Crippen molar-refractivity contribution in [3.05, 3.63) is 38.9 Å². The summed E-state index contributed by atoms with van der Waals surface area (Å²) in [7, 11) is 0. The molecule has 1 amide bonds. The first kappa shape index (κ1) is 19.1. The van der Waals surface area contributed by atoms with Gasteiger partial charge >= 0.3 is 5.97 Å². The van der Waals surface area contributed by atoms with Crippen molar-refractivity contribution >= 4 is 29.2 Å². The maximum Gasteiger partial charge on any atom is 0.330 e. The van der Waals surface area contributed by atoms with Crippen molar-refractivity contribution in [1.82, 2.24) is 5.32 Å². The highest BCUT2D eigenvalue weighted by Crippen LogP contribution is 2.51.